The van der Waals surface area contributed by atoms with Crippen LogP contribution in [0.2, 0.25) is 0 Å². The minimum atomic E-state index is -0.771. The number of hydrogen-bond donors (Lipinski definition) is 3. The zero-order valence-corrected chi connectivity index (χ0v) is 15.6. The number of ether oxygens (including phenoxy) is 1. The lowest BCUT2D eigenvalue weighted by atomic mass is 9.98. The predicted molar refractivity (Wildman–Crippen MR) is 99.8 cm³/mol. The molecule has 0 saturated heterocycles. The quantitative estimate of drug-likeness (QED) is 0.562. The van der Waals surface area contributed by atoms with Gasteiger partial charge in [0, 0.05) is 22.0 Å². The van der Waals surface area contributed by atoms with Crippen LogP contribution in [0.15, 0.2) is 27.5 Å². The second-order valence-corrected chi connectivity index (χ2v) is 6.18. The number of pyridine rings is 1. The molecular formula is C19H19N3O6. The van der Waals surface area contributed by atoms with Crippen molar-refractivity contribution in [3.63, 3.8) is 0 Å². The molecule has 1 amide bonds. The Kier molecular flexibility index (Phi) is 5.27. The van der Waals surface area contributed by atoms with Gasteiger partial charge >= 0.3 is 5.97 Å². The van der Waals surface area contributed by atoms with Crippen molar-refractivity contribution < 1.29 is 24.0 Å². The summed E-state index contributed by atoms with van der Waals surface area (Å²) in [7, 11) is 1.19. The van der Waals surface area contributed by atoms with Crippen LogP contribution in [0.25, 0.3) is 22.0 Å². The molecule has 2 aromatic heterocycles. The maximum absolute atomic E-state index is 12.5. The monoisotopic (exact) mass is 385 g/mol. The third kappa shape index (κ3) is 3.39. The number of H-pyrrole nitrogens is 1. The molecule has 0 aliphatic rings. The van der Waals surface area contributed by atoms with Gasteiger partial charge in [0.1, 0.15) is 17.9 Å². The second-order valence-electron chi connectivity index (χ2n) is 6.18. The highest BCUT2D eigenvalue weighted by molar-refractivity contribution is 6.01. The maximum atomic E-state index is 12.5. The lowest BCUT2D eigenvalue weighted by Gasteiger charge is -2.12. The zero-order chi connectivity index (χ0) is 20.4. The summed E-state index contributed by atoms with van der Waals surface area (Å²) < 4.78 is 9.64. The van der Waals surface area contributed by atoms with Gasteiger partial charge in [-0.05, 0) is 25.5 Å². The van der Waals surface area contributed by atoms with Crippen molar-refractivity contribution in [3.8, 4) is 11.1 Å². The summed E-state index contributed by atoms with van der Waals surface area (Å²) in [6.45, 7) is 2.69. The van der Waals surface area contributed by atoms with E-state index >= 15 is 0 Å². The fraction of sp³-hybridized carbons (Fsp3) is 0.263. The Morgan fingerprint density at radius 3 is 2.68 bits per heavy atom. The normalized spacial score (nSPS) is 10.9. The minimum absolute atomic E-state index is 0.173. The summed E-state index contributed by atoms with van der Waals surface area (Å²) in [5.74, 6) is -0.784. The van der Waals surface area contributed by atoms with Gasteiger partial charge < -0.3 is 24.7 Å². The molecule has 9 heteroatoms. The maximum Gasteiger partial charge on any atom is 0.325 e. The van der Waals surface area contributed by atoms with Gasteiger partial charge in [-0.2, -0.15) is 0 Å². The first-order valence-corrected chi connectivity index (χ1v) is 8.45. The Balaban J connectivity index is 2.10. The number of aliphatic hydroxyl groups is 1. The lowest BCUT2D eigenvalue weighted by molar-refractivity contribution is -0.139. The molecule has 0 aliphatic heterocycles. The van der Waals surface area contributed by atoms with Crippen LogP contribution in [-0.4, -0.2) is 40.8 Å². The fourth-order valence-corrected chi connectivity index (χ4v) is 3.14. The van der Waals surface area contributed by atoms with Crippen molar-refractivity contribution >= 4 is 22.8 Å². The van der Waals surface area contributed by atoms with Crippen LogP contribution in [0.1, 0.15) is 27.4 Å². The van der Waals surface area contributed by atoms with E-state index in [-0.39, 0.29) is 17.7 Å². The summed E-state index contributed by atoms with van der Waals surface area (Å²) in [5.41, 5.74) is 2.01. The second kappa shape index (κ2) is 7.65. The number of rotatable bonds is 5. The van der Waals surface area contributed by atoms with Gasteiger partial charge in [-0.1, -0.05) is 17.3 Å². The Labute approximate surface area is 159 Å². The number of amides is 1. The van der Waals surface area contributed by atoms with Crippen molar-refractivity contribution in [2.45, 2.75) is 20.5 Å². The molecule has 9 nitrogen and oxygen atoms in total. The van der Waals surface area contributed by atoms with Crippen LogP contribution in [0.4, 0.5) is 0 Å². The van der Waals surface area contributed by atoms with E-state index in [0.29, 0.717) is 22.4 Å². The van der Waals surface area contributed by atoms with E-state index in [2.05, 4.69) is 20.2 Å². The molecule has 2 heterocycles. The third-order valence-corrected chi connectivity index (χ3v) is 4.45. The number of esters is 1. The zero-order valence-electron chi connectivity index (χ0n) is 15.6. The van der Waals surface area contributed by atoms with Crippen LogP contribution in [0.5, 0.6) is 0 Å². The van der Waals surface area contributed by atoms with Crippen LogP contribution < -0.4 is 10.9 Å². The molecule has 1 aromatic carbocycles. The average Bonchev–Trinajstić information content (AvgIpc) is 3.02. The summed E-state index contributed by atoms with van der Waals surface area (Å²) in [4.78, 5) is 38.8. The molecule has 28 heavy (non-hydrogen) atoms. The third-order valence-electron chi connectivity index (χ3n) is 4.45. The largest absolute Gasteiger partial charge is 0.468 e. The Morgan fingerprint density at radius 2 is 2.07 bits per heavy atom. The van der Waals surface area contributed by atoms with E-state index in [9.17, 15) is 19.5 Å². The predicted octanol–water partition coefficient (Wildman–Crippen LogP) is 1.20. The van der Waals surface area contributed by atoms with Crippen molar-refractivity contribution in [2.24, 2.45) is 0 Å². The van der Waals surface area contributed by atoms with E-state index in [1.165, 1.54) is 7.11 Å². The van der Waals surface area contributed by atoms with E-state index in [4.69, 9.17) is 4.52 Å². The number of benzene rings is 1. The van der Waals surface area contributed by atoms with Crippen molar-refractivity contribution in [1.29, 1.82) is 0 Å². The number of aromatic nitrogens is 2. The number of carbonyl (C=O) groups is 2. The van der Waals surface area contributed by atoms with Crippen LogP contribution in [-0.2, 0) is 16.1 Å². The van der Waals surface area contributed by atoms with Gasteiger partial charge in [0.25, 0.3) is 11.5 Å². The first-order valence-electron chi connectivity index (χ1n) is 8.45. The first-order chi connectivity index (χ1) is 13.4. The van der Waals surface area contributed by atoms with Crippen molar-refractivity contribution in [3.05, 3.63) is 51.1 Å². The molecule has 0 saturated carbocycles. The van der Waals surface area contributed by atoms with E-state index in [0.717, 1.165) is 11.1 Å². The molecule has 146 valence electrons. The van der Waals surface area contributed by atoms with Crippen LogP contribution in [0, 0.1) is 13.8 Å². The highest BCUT2D eigenvalue weighted by Crippen LogP contribution is 2.30. The van der Waals surface area contributed by atoms with Gasteiger partial charge in [-0.3, -0.25) is 14.4 Å². The van der Waals surface area contributed by atoms with Crippen molar-refractivity contribution in [1.82, 2.24) is 15.5 Å². The topological polar surface area (TPSA) is 135 Å². The van der Waals surface area contributed by atoms with Gasteiger partial charge in [0.15, 0.2) is 0 Å². The summed E-state index contributed by atoms with van der Waals surface area (Å²) in [6.07, 6.45) is 0. The number of carbonyl (C=O) groups excluding carboxylic acids is 2. The smallest absolute Gasteiger partial charge is 0.325 e. The first kappa shape index (κ1) is 19.3. The van der Waals surface area contributed by atoms with Crippen LogP contribution >= 0.6 is 0 Å². The number of nitrogens with one attached hydrogen (secondary N) is 2. The van der Waals surface area contributed by atoms with Crippen molar-refractivity contribution in [2.75, 3.05) is 13.7 Å². The van der Waals surface area contributed by atoms with Gasteiger partial charge in [-0.15, -0.1) is 0 Å². The molecule has 0 atom stereocenters. The molecule has 3 aromatic rings. The number of aromatic amines is 1. The molecule has 0 unspecified atom stereocenters. The molecular weight excluding hydrogens is 366 g/mol. The van der Waals surface area contributed by atoms with E-state index < -0.39 is 24.0 Å². The molecule has 0 fully saturated rings. The highest BCUT2D eigenvalue weighted by atomic mass is 16.5. The molecule has 0 aliphatic carbocycles. The summed E-state index contributed by atoms with van der Waals surface area (Å²) in [5, 5.41) is 16.6. The van der Waals surface area contributed by atoms with Gasteiger partial charge in [-0.25, -0.2) is 0 Å². The summed E-state index contributed by atoms with van der Waals surface area (Å²) in [6, 6.07) is 5.23. The molecule has 0 spiro atoms. The molecule has 3 rings (SSSR count). The number of aryl methyl sites for hydroxylation is 2. The molecule has 3 N–H and O–H groups in total. The number of fused-ring (bicyclic) bond motifs is 1. The number of methoxy groups -OCH3 is 1. The number of hydrogen-bond acceptors (Lipinski definition) is 7. The standard InChI is InChI=1S/C19H19N3O6/c1-9-16(10(2)28-22-9)11-4-5-12-13(8-23)17(19(26)21-14(12)6-11)18(25)20-7-15(24)27-3/h4-6,23H,7-8H2,1-3H3,(H,20,25)(H,21,26). The highest BCUT2D eigenvalue weighted by Gasteiger charge is 2.20. The molecule has 0 radical (unpaired) electrons. The number of aliphatic hydroxyl groups excluding tert-OH is 1. The fourth-order valence-electron chi connectivity index (χ4n) is 3.14. The van der Waals surface area contributed by atoms with E-state index in [1.807, 2.05) is 6.92 Å². The van der Waals surface area contributed by atoms with E-state index in [1.54, 1.807) is 25.1 Å². The summed E-state index contributed by atoms with van der Waals surface area (Å²) >= 11 is 0. The minimum Gasteiger partial charge on any atom is -0.468 e. The molecule has 0 bridgehead atoms. The van der Waals surface area contributed by atoms with Crippen LogP contribution in [0.3, 0.4) is 0 Å². The van der Waals surface area contributed by atoms with Gasteiger partial charge in [0.2, 0.25) is 0 Å². The SMILES string of the molecule is COC(=O)CNC(=O)c1c(CO)c2ccc(-c3c(C)noc3C)cc2[nH]c1=O. The Bertz CT molecular complexity index is 1110. The average molecular weight is 385 g/mol. The Morgan fingerprint density at radius 1 is 1.32 bits per heavy atom. The lowest BCUT2D eigenvalue weighted by Crippen LogP contribution is -2.35. The van der Waals surface area contributed by atoms with Gasteiger partial charge in [0.05, 0.1) is 19.4 Å². The number of nitrogens with zero attached hydrogens (tertiary/aromatic N) is 1. The Hall–Kier alpha value is -3.46.